The van der Waals surface area contributed by atoms with Crippen LogP contribution in [-0.2, 0) is 21.9 Å². The van der Waals surface area contributed by atoms with Crippen molar-refractivity contribution in [3.8, 4) is 0 Å². The van der Waals surface area contributed by atoms with Gasteiger partial charge in [0.05, 0.1) is 5.75 Å². The molecule has 0 aliphatic rings. The SMILES string of the molecule is CC[C@H](C(=O)NC(C)C)N(Cc1ccc(F)cc1)C(=O)CSCc1ccc(C)cc1. The molecule has 0 heterocycles. The minimum atomic E-state index is -0.565. The number of aryl methyl sites for hydroxylation is 1. The van der Waals surface area contributed by atoms with E-state index in [-0.39, 0.29) is 36.0 Å². The van der Waals surface area contributed by atoms with Crippen molar-refractivity contribution in [1.29, 1.82) is 0 Å². The normalized spacial score (nSPS) is 11.9. The smallest absolute Gasteiger partial charge is 0.243 e. The Hall–Kier alpha value is -2.34. The fourth-order valence-corrected chi connectivity index (χ4v) is 3.98. The highest BCUT2D eigenvalue weighted by Crippen LogP contribution is 2.18. The molecule has 0 radical (unpaired) electrons. The highest BCUT2D eigenvalue weighted by Gasteiger charge is 2.28. The average molecular weight is 431 g/mol. The Kier molecular flexibility index (Phi) is 9.37. The molecule has 0 bridgehead atoms. The van der Waals surface area contributed by atoms with Crippen LogP contribution in [0.4, 0.5) is 4.39 Å². The summed E-state index contributed by atoms with van der Waals surface area (Å²) < 4.78 is 13.3. The molecular formula is C24H31FN2O2S. The lowest BCUT2D eigenvalue weighted by atomic mass is 10.1. The number of nitrogens with one attached hydrogen (secondary N) is 1. The van der Waals surface area contributed by atoms with Gasteiger partial charge in [-0.25, -0.2) is 4.39 Å². The predicted octanol–water partition coefficient (Wildman–Crippen LogP) is 4.70. The number of amides is 2. The third-order valence-electron chi connectivity index (χ3n) is 4.70. The molecule has 6 heteroatoms. The van der Waals surface area contributed by atoms with Crippen molar-refractivity contribution < 1.29 is 14.0 Å². The van der Waals surface area contributed by atoms with Gasteiger partial charge in [0.1, 0.15) is 11.9 Å². The van der Waals surface area contributed by atoms with Crippen LogP contribution >= 0.6 is 11.8 Å². The summed E-state index contributed by atoms with van der Waals surface area (Å²) in [5.41, 5.74) is 3.16. The van der Waals surface area contributed by atoms with Crippen molar-refractivity contribution in [3.63, 3.8) is 0 Å². The number of hydrogen-bond acceptors (Lipinski definition) is 3. The van der Waals surface area contributed by atoms with E-state index in [0.717, 1.165) is 16.9 Å². The van der Waals surface area contributed by atoms with Crippen molar-refractivity contribution in [2.45, 2.75) is 58.5 Å². The van der Waals surface area contributed by atoms with Crippen LogP contribution in [0, 0.1) is 12.7 Å². The van der Waals surface area contributed by atoms with Crippen molar-refractivity contribution in [1.82, 2.24) is 10.2 Å². The van der Waals surface area contributed by atoms with E-state index in [2.05, 4.69) is 29.6 Å². The van der Waals surface area contributed by atoms with Crippen LogP contribution < -0.4 is 5.32 Å². The molecule has 0 saturated heterocycles. The fraction of sp³-hybridized carbons (Fsp3) is 0.417. The van der Waals surface area contributed by atoms with Gasteiger partial charge in [0.25, 0.3) is 0 Å². The molecule has 30 heavy (non-hydrogen) atoms. The zero-order valence-electron chi connectivity index (χ0n) is 18.2. The second kappa shape index (κ2) is 11.7. The predicted molar refractivity (Wildman–Crippen MR) is 122 cm³/mol. The summed E-state index contributed by atoms with van der Waals surface area (Å²) in [6.07, 6.45) is 0.508. The molecule has 162 valence electrons. The lowest BCUT2D eigenvalue weighted by Gasteiger charge is -2.31. The zero-order chi connectivity index (χ0) is 22.1. The van der Waals surface area contributed by atoms with Crippen LogP contribution in [0.2, 0.25) is 0 Å². The van der Waals surface area contributed by atoms with E-state index >= 15 is 0 Å². The van der Waals surface area contributed by atoms with E-state index in [1.54, 1.807) is 17.0 Å². The summed E-state index contributed by atoms with van der Waals surface area (Å²) in [6, 6.07) is 13.7. The van der Waals surface area contributed by atoms with E-state index in [4.69, 9.17) is 0 Å². The van der Waals surface area contributed by atoms with Gasteiger partial charge in [-0.3, -0.25) is 9.59 Å². The van der Waals surface area contributed by atoms with E-state index in [9.17, 15) is 14.0 Å². The van der Waals surface area contributed by atoms with Crippen LogP contribution in [0.1, 0.15) is 43.9 Å². The van der Waals surface area contributed by atoms with Gasteiger partial charge in [-0.2, -0.15) is 0 Å². The molecule has 2 rings (SSSR count). The molecule has 0 spiro atoms. The number of carbonyl (C=O) groups excluding carboxylic acids is 2. The van der Waals surface area contributed by atoms with Crippen molar-refractivity contribution >= 4 is 23.6 Å². The second-order valence-electron chi connectivity index (χ2n) is 7.71. The highest BCUT2D eigenvalue weighted by molar-refractivity contribution is 7.99. The molecule has 0 aromatic heterocycles. The summed E-state index contributed by atoms with van der Waals surface area (Å²) in [7, 11) is 0. The summed E-state index contributed by atoms with van der Waals surface area (Å²) in [6.45, 7) is 8.01. The fourth-order valence-electron chi connectivity index (χ4n) is 3.11. The van der Waals surface area contributed by atoms with Crippen LogP contribution in [0.15, 0.2) is 48.5 Å². The number of hydrogen-bond donors (Lipinski definition) is 1. The van der Waals surface area contributed by atoms with E-state index in [1.807, 2.05) is 27.7 Å². The molecule has 0 saturated carbocycles. The topological polar surface area (TPSA) is 49.4 Å². The molecule has 0 unspecified atom stereocenters. The standard InChI is InChI=1S/C24H31FN2O2S/c1-5-22(24(29)26-17(2)3)27(14-19-10-12-21(25)13-11-19)23(28)16-30-15-20-8-6-18(4)7-9-20/h6-13,17,22H,5,14-16H2,1-4H3,(H,26,29)/t22-/m1/s1. The Morgan fingerprint density at radius 3 is 2.20 bits per heavy atom. The Balaban J connectivity index is 2.11. The number of carbonyl (C=O) groups is 2. The van der Waals surface area contributed by atoms with Crippen LogP contribution in [0.25, 0.3) is 0 Å². The Morgan fingerprint density at radius 2 is 1.63 bits per heavy atom. The van der Waals surface area contributed by atoms with E-state index < -0.39 is 6.04 Å². The quantitative estimate of drug-likeness (QED) is 0.594. The summed E-state index contributed by atoms with van der Waals surface area (Å²) in [5.74, 6) is 0.426. The summed E-state index contributed by atoms with van der Waals surface area (Å²) >= 11 is 1.53. The number of rotatable bonds is 10. The zero-order valence-corrected chi connectivity index (χ0v) is 19.0. The van der Waals surface area contributed by atoms with Crippen molar-refractivity contribution in [3.05, 3.63) is 71.0 Å². The molecule has 1 N–H and O–H groups in total. The molecule has 4 nitrogen and oxygen atoms in total. The van der Waals surface area contributed by atoms with Gasteiger partial charge >= 0.3 is 0 Å². The lowest BCUT2D eigenvalue weighted by molar-refractivity contribution is -0.139. The van der Waals surface area contributed by atoms with Crippen molar-refractivity contribution in [2.75, 3.05) is 5.75 Å². The first-order valence-electron chi connectivity index (χ1n) is 10.3. The molecule has 2 aromatic carbocycles. The number of benzene rings is 2. The lowest BCUT2D eigenvalue weighted by Crippen LogP contribution is -2.50. The van der Waals surface area contributed by atoms with E-state index in [0.29, 0.717) is 6.42 Å². The Labute approximate surface area is 183 Å². The van der Waals surface area contributed by atoms with Crippen molar-refractivity contribution in [2.24, 2.45) is 0 Å². The molecular weight excluding hydrogens is 399 g/mol. The minimum absolute atomic E-state index is 0.00904. The monoisotopic (exact) mass is 430 g/mol. The Bertz CT molecular complexity index is 822. The largest absolute Gasteiger partial charge is 0.352 e. The molecule has 2 amide bonds. The first-order valence-corrected chi connectivity index (χ1v) is 11.4. The maximum atomic E-state index is 13.3. The van der Waals surface area contributed by atoms with Gasteiger partial charge in [0, 0.05) is 18.3 Å². The van der Waals surface area contributed by atoms with Gasteiger partial charge < -0.3 is 10.2 Å². The van der Waals surface area contributed by atoms with Gasteiger partial charge in [0.15, 0.2) is 0 Å². The first kappa shape index (κ1) is 23.9. The average Bonchev–Trinajstić information content (AvgIpc) is 2.70. The summed E-state index contributed by atoms with van der Waals surface area (Å²) in [4.78, 5) is 27.4. The van der Waals surface area contributed by atoms with E-state index in [1.165, 1.54) is 29.5 Å². The summed E-state index contributed by atoms with van der Waals surface area (Å²) in [5, 5.41) is 2.91. The molecule has 0 aliphatic carbocycles. The number of thioether (sulfide) groups is 1. The molecule has 0 fully saturated rings. The number of halogens is 1. The van der Waals surface area contributed by atoms with Crippen LogP contribution in [0.5, 0.6) is 0 Å². The number of nitrogens with zero attached hydrogens (tertiary/aromatic N) is 1. The molecule has 2 aromatic rings. The van der Waals surface area contributed by atoms with Gasteiger partial charge in [-0.1, -0.05) is 48.9 Å². The molecule has 1 atom stereocenters. The van der Waals surface area contributed by atoms with Gasteiger partial charge in [-0.05, 0) is 50.5 Å². The third kappa shape index (κ3) is 7.48. The third-order valence-corrected chi connectivity index (χ3v) is 5.69. The van der Waals surface area contributed by atoms with Crippen LogP contribution in [-0.4, -0.2) is 34.6 Å². The van der Waals surface area contributed by atoms with Gasteiger partial charge in [-0.15, -0.1) is 11.8 Å². The Morgan fingerprint density at radius 1 is 1.03 bits per heavy atom. The maximum Gasteiger partial charge on any atom is 0.243 e. The van der Waals surface area contributed by atoms with Gasteiger partial charge in [0.2, 0.25) is 11.8 Å². The van der Waals surface area contributed by atoms with Crippen LogP contribution in [0.3, 0.4) is 0 Å². The first-order chi connectivity index (χ1) is 14.3. The highest BCUT2D eigenvalue weighted by atomic mass is 32.2. The minimum Gasteiger partial charge on any atom is -0.352 e. The maximum absolute atomic E-state index is 13.3. The second-order valence-corrected chi connectivity index (χ2v) is 8.70. The molecule has 0 aliphatic heterocycles.